The normalized spacial score (nSPS) is 20.9. The highest BCUT2D eigenvalue weighted by Crippen LogP contribution is 2.31. The Labute approximate surface area is 125 Å². The summed E-state index contributed by atoms with van der Waals surface area (Å²) in [4.78, 5) is 0. The van der Waals surface area contributed by atoms with Gasteiger partial charge in [-0.2, -0.15) is 0 Å². The molecule has 2 nitrogen and oxygen atoms in total. The van der Waals surface area contributed by atoms with E-state index in [0.29, 0.717) is 18.5 Å². The molecule has 0 fully saturated rings. The Bertz CT molecular complexity index is 632. The number of aliphatic hydroxyl groups is 1. The van der Waals surface area contributed by atoms with E-state index >= 15 is 0 Å². The van der Waals surface area contributed by atoms with E-state index in [1.807, 2.05) is 24.3 Å². The molecule has 104 valence electrons. The number of rotatable bonds is 3. The average molecular weight is 336 g/mol. The van der Waals surface area contributed by atoms with E-state index in [1.54, 1.807) is 12.1 Å². The van der Waals surface area contributed by atoms with Crippen LogP contribution in [0.15, 0.2) is 46.9 Å². The van der Waals surface area contributed by atoms with Crippen molar-refractivity contribution in [3.63, 3.8) is 0 Å². The number of nitrogens with one attached hydrogen (secondary N) is 1. The largest absolute Gasteiger partial charge is 0.391 e. The van der Waals surface area contributed by atoms with Gasteiger partial charge in [-0.15, -0.1) is 0 Å². The summed E-state index contributed by atoms with van der Waals surface area (Å²) in [6, 6.07) is 12.7. The Kier molecular flexibility index (Phi) is 3.87. The maximum absolute atomic E-state index is 13.7. The average Bonchev–Trinajstić information content (AvgIpc) is 2.75. The van der Waals surface area contributed by atoms with Crippen molar-refractivity contribution in [3.8, 4) is 0 Å². The van der Waals surface area contributed by atoms with Crippen molar-refractivity contribution in [2.24, 2.45) is 0 Å². The number of hydrogen-bond donors (Lipinski definition) is 2. The van der Waals surface area contributed by atoms with Crippen LogP contribution in [0.1, 0.15) is 22.7 Å². The van der Waals surface area contributed by atoms with Gasteiger partial charge in [-0.05, 0) is 29.3 Å². The fourth-order valence-electron chi connectivity index (χ4n) is 2.72. The van der Waals surface area contributed by atoms with Crippen molar-refractivity contribution in [3.05, 3.63) is 69.4 Å². The molecule has 0 bridgehead atoms. The van der Waals surface area contributed by atoms with Crippen LogP contribution in [0, 0.1) is 5.82 Å². The Hall–Kier alpha value is -1.23. The highest BCUT2D eigenvalue weighted by molar-refractivity contribution is 9.10. The van der Waals surface area contributed by atoms with Crippen molar-refractivity contribution in [2.75, 3.05) is 0 Å². The summed E-state index contributed by atoms with van der Waals surface area (Å²) in [6.07, 6.45) is 0.192. The quantitative estimate of drug-likeness (QED) is 0.901. The van der Waals surface area contributed by atoms with Gasteiger partial charge in [0.2, 0.25) is 0 Å². The molecule has 0 unspecified atom stereocenters. The molecule has 4 heteroatoms. The monoisotopic (exact) mass is 335 g/mol. The molecular weight excluding hydrogens is 321 g/mol. The summed E-state index contributed by atoms with van der Waals surface area (Å²) in [5.41, 5.74) is 2.86. The molecule has 3 rings (SSSR count). The molecule has 0 radical (unpaired) electrons. The molecule has 2 aromatic carbocycles. The fraction of sp³-hybridized carbons (Fsp3) is 0.250. The van der Waals surface area contributed by atoms with Crippen molar-refractivity contribution < 1.29 is 9.50 Å². The summed E-state index contributed by atoms with van der Waals surface area (Å²) < 4.78 is 14.6. The van der Waals surface area contributed by atoms with E-state index in [9.17, 15) is 9.50 Å². The van der Waals surface area contributed by atoms with Crippen LogP contribution in [-0.2, 0) is 13.0 Å². The maximum Gasteiger partial charge on any atom is 0.127 e. The van der Waals surface area contributed by atoms with Crippen LogP contribution < -0.4 is 5.32 Å². The molecule has 0 saturated carbocycles. The maximum atomic E-state index is 13.7. The summed E-state index contributed by atoms with van der Waals surface area (Å²) in [5.74, 6) is -0.235. The molecule has 0 aliphatic heterocycles. The second-order valence-electron chi connectivity index (χ2n) is 5.06. The Balaban J connectivity index is 1.77. The SMILES string of the molecule is O[C@@H]1Cc2ccccc2[C@@H]1NCc1cc(Br)ccc1F. The second kappa shape index (κ2) is 5.64. The van der Waals surface area contributed by atoms with Crippen LogP contribution in [-0.4, -0.2) is 11.2 Å². The van der Waals surface area contributed by atoms with Gasteiger partial charge in [0.25, 0.3) is 0 Å². The van der Waals surface area contributed by atoms with Crippen molar-refractivity contribution in [1.29, 1.82) is 0 Å². The topological polar surface area (TPSA) is 32.3 Å². The standard InChI is InChI=1S/C16H15BrFNO/c17-12-5-6-14(18)11(7-12)9-19-16-13-4-2-1-3-10(13)8-15(16)20/h1-7,15-16,19-20H,8-9H2/t15-,16+/m1/s1. The lowest BCUT2D eigenvalue weighted by Gasteiger charge is -2.18. The minimum absolute atomic E-state index is 0.135. The molecule has 0 spiro atoms. The van der Waals surface area contributed by atoms with Gasteiger partial charge < -0.3 is 10.4 Å². The van der Waals surface area contributed by atoms with E-state index in [-0.39, 0.29) is 11.9 Å². The Morgan fingerprint density at radius 3 is 2.90 bits per heavy atom. The van der Waals surface area contributed by atoms with Crippen molar-refractivity contribution in [1.82, 2.24) is 5.32 Å². The molecule has 1 aliphatic carbocycles. The van der Waals surface area contributed by atoms with Gasteiger partial charge in [0.15, 0.2) is 0 Å². The van der Waals surface area contributed by atoms with E-state index in [4.69, 9.17) is 0 Å². The molecule has 0 aromatic heterocycles. The molecule has 20 heavy (non-hydrogen) atoms. The molecule has 1 aliphatic rings. The van der Waals surface area contributed by atoms with Gasteiger partial charge >= 0.3 is 0 Å². The zero-order chi connectivity index (χ0) is 14.1. The predicted molar refractivity (Wildman–Crippen MR) is 79.8 cm³/mol. The molecule has 0 saturated heterocycles. The van der Waals surface area contributed by atoms with E-state index in [2.05, 4.69) is 21.2 Å². The molecule has 0 heterocycles. The number of halogens is 2. The van der Waals surface area contributed by atoms with Crippen molar-refractivity contribution in [2.45, 2.75) is 25.1 Å². The van der Waals surface area contributed by atoms with Gasteiger partial charge in [0, 0.05) is 23.0 Å². The predicted octanol–water partition coefficient (Wildman–Crippen LogP) is 3.34. The van der Waals surface area contributed by atoms with E-state index in [1.165, 1.54) is 6.07 Å². The van der Waals surface area contributed by atoms with Gasteiger partial charge in [-0.1, -0.05) is 40.2 Å². The molecule has 2 aromatic rings. The fourth-order valence-corrected chi connectivity index (χ4v) is 3.13. The third-order valence-electron chi connectivity index (χ3n) is 3.72. The van der Waals surface area contributed by atoms with E-state index in [0.717, 1.165) is 15.6 Å². The van der Waals surface area contributed by atoms with Gasteiger partial charge in [0.1, 0.15) is 5.82 Å². The third-order valence-corrected chi connectivity index (χ3v) is 4.22. The van der Waals surface area contributed by atoms with Crippen molar-refractivity contribution >= 4 is 15.9 Å². The summed E-state index contributed by atoms with van der Waals surface area (Å²) in [6.45, 7) is 0.390. The van der Waals surface area contributed by atoms with Gasteiger partial charge in [-0.3, -0.25) is 0 Å². The molecule has 0 amide bonds. The first-order chi connectivity index (χ1) is 9.65. The summed E-state index contributed by atoms with van der Waals surface area (Å²) >= 11 is 3.34. The number of fused-ring (bicyclic) bond motifs is 1. The highest BCUT2D eigenvalue weighted by atomic mass is 79.9. The minimum Gasteiger partial charge on any atom is -0.391 e. The van der Waals surface area contributed by atoms with Gasteiger partial charge in [-0.25, -0.2) is 4.39 Å². The Morgan fingerprint density at radius 1 is 1.25 bits per heavy atom. The lowest BCUT2D eigenvalue weighted by atomic mass is 10.1. The highest BCUT2D eigenvalue weighted by Gasteiger charge is 2.30. The zero-order valence-electron chi connectivity index (χ0n) is 10.8. The summed E-state index contributed by atoms with van der Waals surface area (Å²) in [5, 5.41) is 13.4. The minimum atomic E-state index is -0.456. The number of aliphatic hydroxyl groups excluding tert-OH is 1. The second-order valence-corrected chi connectivity index (χ2v) is 5.98. The first-order valence-electron chi connectivity index (χ1n) is 6.58. The van der Waals surface area contributed by atoms with Crippen LogP contribution in [0.2, 0.25) is 0 Å². The number of hydrogen-bond acceptors (Lipinski definition) is 2. The lowest BCUT2D eigenvalue weighted by Crippen LogP contribution is -2.28. The first-order valence-corrected chi connectivity index (χ1v) is 7.37. The Morgan fingerprint density at radius 2 is 2.05 bits per heavy atom. The molecule has 2 atom stereocenters. The van der Waals surface area contributed by atoms with Crippen LogP contribution in [0.25, 0.3) is 0 Å². The molecular formula is C16H15BrFNO. The lowest BCUT2D eigenvalue weighted by molar-refractivity contribution is 0.140. The first kappa shape index (κ1) is 13.7. The zero-order valence-corrected chi connectivity index (χ0v) is 12.4. The van der Waals surface area contributed by atoms with Gasteiger partial charge in [0.05, 0.1) is 12.1 Å². The number of benzene rings is 2. The molecule has 2 N–H and O–H groups in total. The van der Waals surface area contributed by atoms with Crippen LogP contribution >= 0.6 is 15.9 Å². The third kappa shape index (κ3) is 2.64. The van der Waals surface area contributed by atoms with E-state index < -0.39 is 6.10 Å². The van der Waals surface area contributed by atoms with Crippen LogP contribution in [0.5, 0.6) is 0 Å². The summed E-state index contributed by atoms with van der Waals surface area (Å²) in [7, 11) is 0. The van der Waals surface area contributed by atoms with Crippen LogP contribution in [0.4, 0.5) is 4.39 Å². The van der Waals surface area contributed by atoms with Crippen LogP contribution in [0.3, 0.4) is 0 Å². The smallest absolute Gasteiger partial charge is 0.127 e.